The van der Waals surface area contributed by atoms with Crippen molar-refractivity contribution >= 4 is 40.1 Å². The molecule has 1 N–H and O–H groups in total. The Bertz CT molecular complexity index is 406. The zero-order valence-corrected chi connectivity index (χ0v) is 11.3. The average molecular weight is 360 g/mol. The third-order valence-corrected chi connectivity index (χ3v) is 3.28. The Morgan fingerprint density at radius 3 is 2.69 bits per heavy atom. The van der Waals surface area contributed by atoms with E-state index in [0.717, 1.165) is 6.92 Å². The van der Waals surface area contributed by atoms with E-state index >= 15 is 0 Å². The molecule has 2 nitrogen and oxygen atoms in total. The first-order chi connectivity index (χ1) is 7.29. The molecule has 0 unspecified atom stereocenters. The van der Waals surface area contributed by atoms with E-state index in [4.69, 9.17) is 11.6 Å². The van der Waals surface area contributed by atoms with Gasteiger partial charge in [-0.2, -0.15) is 0 Å². The maximum atomic E-state index is 12.5. The summed E-state index contributed by atoms with van der Waals surface area (Å²) in [5.41, 5.74) is 0.318. The quantitative estimate of drug-likeness (QED) is 0.824. The van der Waals surface area contributed by atoms with Crippen molar-refractivity contribution in [2.45, 2.75) is 12.8 Å². The fourth-order valence-corrected chi connectivity index (χ4v) is 1.61. The molecular formula is C10H9ClF2INO. The second-order valence-corrected chi connectivity index (χ2v) is 4.95. The van der Waals surface area contributed by atoms with Gasteiger partial charge in [-0.05, 0) is 40.8 Å². The standard InChI is InChI=1S/C10H9ClF2INO/c1-10(12,13)5-15-9(16)6-2-3-7(11)8(14)4-6/h2-4H,5H2,1H3,(H,15,16). The first-order valence-electron chi connectivity index (χ1n) is 4.41. The number of hydrogen-bond acceptors (Lipinski definition) is 1. The van der Waals surface area contributed by atoms with E-state index in [0.29, 0.717) is 14.2 Å². The van der Waals surface area contributed by atoms with E-state index < -0.39 is 18.4 Å². The third-order valence-electron chi connectivity index (χ3n) is 1.74. The van der Waals surface area contributed by atoms with Crippen LogP contribution in [0.25, 0.3) is 0 Å². The third kappa shape index (κ3) is 4.21. The lowest BCUT2D eigenvalue weighted by atomic mass is 10.2. The maximum absolute atomic E-state index is 12.5. The molecule has 0 aromatic heterocycles. The average Bonchev–Trinajstić information content (AvgIpc) is 2.17. The van der Waals surface area contributed by atoms with Crippen molar-refractivity contribution in [3.8, 4) is 0 Å². The lowest BCUT2D eigenvalue weighted by molar-refractivity contribution is 0.0221. The van der Waals surface area contributed by atoms with Crippen molar-refractivity contribution in [2.75, 3.05) is 6.54 Å². The summed E-state index contributed by atoms with van der Waals surface area (Å²) in [4.78, 5) is 11.5. The van der Waals surface area contributed by atoms with Crippen molar-refractivity contribution in [2.24, 2.45) is 0 Å². The summed E-state index contributed by atoms with van der Waals surface area (Å²) in [5, 5.41) is 2.68. The summed E-state index contributed by atoms with van der Waals surface area (Å²) in [5.74, 6) is -3.44. The minimum atomic E-state index is -2.91. The first-order valence-corrected chi connectivity index (χ1v) is 5.86. The summed E-state index contributed by atoms with van der Waals surface area (Å²) >= 11 is 7.74. The predicted molar refractivity (Wildman–Crippen MR) is 67.1 cm³/mol. The van der Waals surface area contributed by atoms with Gasteiger partial charge in [0.05, 0.1) is 11.6 Å². The van der Waals surface area contributed by atoms with Gasteiger partial charge in [0.25, 0.3) is 11.8 Å². The highest BCUT2D eigenvalue weighted by Crippen LogP contribution is 2.19. The first kappa shape index (κ1) is 13.6. The van der Waals surface area contributed by atoms with Crippen molar-refractivity contribution in [1.82, 2.24) is 5.32 Å². The summed E-state index contributed by atoms with van der Waals surface area (Å²) in [6.45, 7) is 0.0734. The maximum Gasteiger partial charge on any atom is 0.262 e. The number of benzene rings is 1. The Hall–Kier alpha value is -0.430. The molecule has 1 aromatic carbocycles. The van der Waals surface area contributed by atoms with Crippen LogP contribution >= 0.6 is 34.2 Å². The fourth-order valence-electron chi connectivity index (χ4n) is 0.975. The monoisotopic (exact) mass is 359 g/mol. The van der Waals surface area contributed by atoms with Crippen LogP contribution in [0.2, 0.25) is 5.02 Å². The van der Waals surface area contributed by atoms with Crippen LogP contribution in [0, 0.1) is 3.57 Å². The molecule has 1 rings (SSSR count). The molecule has 88 valence electrons. The molecule has 0 aliphatic heterocycles. The molecule has 6 heteroatoms. The van der Waals surface area contributed by atoms with Gasteiger partial charge in [-0.25, -0.2) is 8.78 Å². The van der Waals surface area contributed by atoms with Crippen molar-refractivity contribution in [1.29, 1.82) is 0 Å². The highest BCUT2D eigenvalue weighted by molar-refractivity contribution is 14.1. The molecule has 0 bridgehead atoms. The van der Waals surface area contributed by atoms with E-state index in [9.17, 15) is 13.6 Å². The van der Waals surface area contributed by atoms with Gasteiger partial charge in [0.2, 0.25) is 0 Å². The van der Waals surface area contributed by atoms with E-state index in [1.54, 1.807) is 12.1 Å². The molecule has 1 amide bonds. The molecule has 0 spiro atoms. The molecule has 0 aliphatic rings. The van der Waals surface area contributed by atoms with Crippen LogP contribution in [-0.2, 0) is 0 Å². The van der Waals surface area contributed by atoms with Gasteiger partial charge in [0, 0.05) is 16.1 Å². The number of carbonyl (C=O) groups excluding carboxylic acids is 1. The summed E-state index contributed by atoms with van der Waals surface area (Å²) in [6, 6.07) is 4.60. The molecule has 0 saturated heterocycles. The normalized spacial score (nSPS) is 11.3. The van der Waals surface area contributed by atoms with E-state index in [1.165, 1.54) is 6.07 Å². The summed E-state index contributed by atoms with van der Waals surface area (Å²) in [6.07, 6.45) is 0. The lowest BCUT2D eigenvalue weighted by Gasteiger charge is -2.11. The number of nitrogens with one attached hydrogen (secondary N) is 1. The second-order valence-electron chi connectivity index (χ2n) is 3.38. The van der Waals surface area contributed by atoms with Gasteiger partial charge < -0.3 is 5.32 Å². The van der Waals surface area contributed by atoms with E-state index in [-0.39, 0.29) is 0 Å². The van der Waals surface area contributed by atoms with Crippen molar-refractivity contribution in [3.05, 3.63) is 32.4 Å². The van der Waals surface area contributed by atoms with Crippen LogP contribution < -0.4 is 5.32 Å². The minimum absolute atomic E-state index is 0.318. The lowest BCUT2D eigenvalue weighted by Crippen LogP contribution is -2.34. The van der Waals surface area contributed by atoms with Gasteiger partial charge in [0.15, 0.2) is 0 Å². The highest BCUT2D eigenvalue weighted by atomic mass is 127. The van der Waals surface area contributed by atoms with Crippen LogP contribution in [0.4, 0.5) is 8.78 Å². The Morgan fingerprint density at radius 1 is 1.56 bits per heavy atom. The van der Waals surface area contributed by atoms with Crippen LogP contribution in [0.15, 0.2) is 18.2 Å². The molecule has 0 radical (unpaired) electrons. The smallest absolute Gasteiger partial charge is 0.262 e. The SMILES string of the molecule is CC(F)(F)CNC(=O)c1ccc(Cl)c(I)c1. The Labute approximate surface area is 110 Å². The molecule has 1 aromatic rings. The number of carbonyl (C=O) groups is 1. The zero-order valence-electron chi connectivity index (χ0n) is 8.36. The zero-order chi connectivity index (χ0) is 12.3. The molecule has 16 heavy (non-hydrogen) atoms. The summed E-state index contributed by atoms with van der Waals surface area (Å²) < 4.78 is 25.7. The number of rotatable bonds is 3. The van der Waals surface area contributed by atoms with Gasteiger partial charge in [0.1, 0.15) is 0 Å². The molecular weight excluding hydrogens is 350 g/mol. The predicted octanol–water partition coefficient (Wildman–Crippen LogP) is 3.33. The number of amides is 1. The highest BCUT2D eigenvalue weighted by Gasteiger charge is 2.22. The van der Waals surface area contributed by atoms with Gasteiger partial charge in [-0.3, -0.25) is 4.79 Å². The second kappa shape index (κ2) is 5.27. The van der Waals surface area contributed by atoms with Crippen LogP contribution in [-0.4, -0.2) is 18.4 Å². The molecule has 0 aliphatic carbocycles. The van der Waals surface area contributed by atoms with E-state index in [2.05, 4.69) is 5.32 Å². The van der Waals surface area contributed by atoms with Crippen LogP contribution in [0.1, 0.15) is 17.3 Å². The number of alkyl halides is 2. The van der Waals surface area contributed by atoms with Crippen molar-refractivity contribution < 1.29 is 13.6 Å². The topological polar surface area (TPSA) is 29.1 Å². The van der Waals surface area contributed by atoms with Crippen LogP contribution in [0.3, 0.4) is 0 Å². The fraction of sp³-hybridized carbons (Fsp3) is 0.300. The van der Waals surface area contributed by atoms with Crippen LogP contribution in [0.5, 0.6) is 0 Å². The van der Waals surface area contributed by atoms with Gasteiger partial charge >= 0.3 is 0 Å². The number of hydrogen-bond donors (Lipinski definition) is 1. The summed E-state index contributed by atoms with van der Waals surface area (Å²) in [7, 11) is 0. The van der Waals surface area contributed by atoms with Crippen molar-refractivity contribution in [3.63, 3.8) is 0 Å². The van der Waals surface area contributed by atoms with Gasteiger partial charge in [-0.15, -0.1) is 0 Å². The molecule has 0 fully saturated rings. The van der Waals surface area contributed by atoms with E-state index in [1.807, 2.05) is 22.6 Å². The molecule has 0 saturated carbocycles. The largest absolute Gasteiger partial charge is 0.346 e. The van der Waals surface area contributed by atoms with Gasteiger partial charge in [-0.1, -0.05) is 11.6 Å². The minimum Gasteiger partial charge on any atom is -0.346 e. The number of halogens is 4. The Morgan fingerprint density at radius 2 is 2.19 bits per heavy atom. The molecule has 0 atom stereocenters. The Kier molecular flexibility index (Phi) is 4.49. The Balaban J connectivity index is 2.70. The molecule has 0 heterocycles.